The van der Waals surface area contributed by atoms with Gasteiger partial charge in [-0.3, -0.25) is 0 Å². The van der Waals surface area contributed by atoms with Crippen molar-refractivity contribution in [1.29, 1.82) is 0 Å². The van der Waals surface area contributed by atoms with Crippen LogP contribution in [0, 0.1) is 0 Å². The van der Waals surface area contributed by atoms with Gasteiger partial charge in [0.15, 0.2) is 0 Å². The molecule has 0 saturated carbocycles. The molecule has 0 N–H and O–H groups in total. The summed E-state index contributed by atoms with van der Waals surface area (Å²) in [5.41, 5.74) is 22.6. The summed E-state index contributed by atoms with van der Waals surface area (Å²) in [7, 11) is 0. The highest BCUT2D eigenvalue weighted by Crippen LogP contribution is 2.65. The molecule has 3 heteroatoms. The Morgan fingerprint density at radius 1 is 0.299 bits per heavy atom. The summed E-state index contributed by atoms with van der Waals surface area (Å²) in [5.74, 6) is 1.73. The maximum Gasteiger partial charge on any atom is 0.137 e. The molecule has 77 heavy (non-hydrogen) atoms. The lowest BCUT2D eigenvalue weighted by Crippen LogP contribution is -2.32. The SMILES string of the molecule is c1ccc(-c2ccc3c(c2)C(c2ccccc2)(c2cccc(N(c4cccc5c4-c4ccccc4C54c5ccccc5Oc5ccccc54)c4cccc5oc6ccc(-c7ccccc7)cc6c45)c2)c2ccccc2-3)cc1. The zero-order valence-electron chi connectivity index (χ0n) is 41.9. The predicted molar refractivity (Wildman–Crippen MR) is 314 cm³/mol. The second kappa shape index (κ2) is 16.8. The molecule has 0 saturated heterocycles. The number of furan rings is 1. The Kier molecular flexibility index (Phi) is 9.47. The number of ether oxygens (including phenoxy) is 1. The number of fused-ring (bicyclic) bond motifs is 15. The van der Waals surface area contributed by atoms with E-state index >= 15 is 0 Å². The highest BCUT2D eigenvalue weighted by molar-refractivity contribution is 6.15. The summed E-state index contributed by atoms with van der Waals surface area (Å²) in [4.78, 5) is 2.53. The van der Waals surface area contributed by atoms with E-state index in [0.717, 1.165) is 72.8 Å². The largest absolute Gasteiger partial charge is 0.457 e. The minimum atomic E-state index is -0.677. The summed E-state index contributed by atoms with van der Waals surface area (Å²) in [5, 5.41) is 2.11. The summed E-state index contributed by atoms with van der Waals surface area (Å²) in [6, 6.07) is 105. The van der Waals surface area contributed by atoms with Crippen LogP contribution in [0.25, 0.3) is 66.4 Å². The van der Waals surface area contributed by atoms with Gasteiger partial charge in [-0.25, -0.2) is 0 Å². The van der Waals surface area contributed by atoms with Crippen LogP contribution in [0.2, 0.25) is 0 Å². The maximum atomic E-state index is 6.89. The van der Waals surface area contributed by atoms with Gasteiger partial charge in [0, 0.05) is 27.8 Å². The number of benzene rings is 12. The van der Waals surface area contributed by atoms with Gasteiger partial charge in [0.25, 0.3) is 0 Å². The highest BCUT2D eigenvalue weighted by atomic mass is 16.5. The second-order valence-electron chi connectivity index (χ2n) is 20.6. The van der Waals surface area contributed by atoms with Crippen molar-refractivity contribution in [2.75, 3.05) is 4.90 Å². The molecule has 0 bridgehead atoms. The third kappa shape index (κ3) is 6.14. The Bertz CT molecular complexity index is 4450. The van der Waals surface area contributed by atoms with Gasteiger partial charge in [-0.1, -0.05) is 224 Å². The van der Waals surface area contributed by atoms with Crippen molar-refractivity contribution in [2.24, 2.45) is 0 Å². The van der Waals surface area contributed by atoms with E-state index in [-0.39, 0.29) is 0 Å². The number of anilines is 3. The molecule has 1 aromatic heterocycles. The van der Waals surface area contributed by atoms with Crippen molar-refractivity contribution >= 4 is 39.0 Å². The van der Waals surface area contributed by atoms with E-state index in [1.165, 1.54) is 66.8 Å². The lowest BCUT2D eigenvalue weighted by atomic mass is 9.66. The number of nitrogens with zero attached hydrogens (tertiary/aromatic N) is 1. The highest BCUT2D eigenvalue weighted by Gasteiger charge is 2.52. The summed E-state index contributed by atoms with van der Waals surface area (Å²) in [6.45, 7) is 0. The Morgan fingerprint density at radius 3 is 1.56 bits per heavy atom. The zero-order chi connectivity index (χ0) is 50.7. The monoisotopic (exact) mass is 981 g/mol. The van der Waals surface area contributed by atoms with Crippen molar-refractivity contribution in [3.63, 3.8) is 0 Å². The van der Waals surface area contributed by atoms with Gasteiger partial charge < -0.3 is 14.1 Å². The number of para-hydroxylation sites is 2. The van der Waals surface area contributed by atoms with Crippen LogP contribution >= 0.6 is 0 Å². The predicted octanol–water partition coefficient (Wildman–Crippen LogP) is 19.2. The van der Waals surface area contributed by atoms with E-state index in [9.17, 15) is 0 Å². The van der Waals surface area contributed by atoms with Gasteiger partial charge in [-0.2, -0.15) is 0 Å². The van der Waals surface area contributed by atoms with E-state index in [2.05, 4.69) is 290 Å². The maximum absolute atomic E-state index is 6.89. The van der Waals surface area contributed by atoms with Crippen LogP contribution in [0.4, 0.5) is 17.1 Å². The molecule has 0 fully saturated rings. The van der Waals surface area contributed by atoms with Gasteiger partial charge in [0.05, 0.1) is 27.6 Å². The van der Waals surface area contributed by atoms with Gasteiger partial charge in [-0.05, 0) is 133 Å². The Labute approximate surface area is 447 Å². The van der Waals surface area contributed by atoms with E-state index in [4.69, 9.17) is 9.15 Å². The number of rotatable bonds is 7. The fraction of sp³-hybridized carbons (Fsp3) is 0.0270. The molecule has 2 heterocycles. The van der Waals surface area contributed by atoms with Crippen LogP contribution in [0.1, 0.15) is 44.5 Å². The fourth-order valence-electron chi connectivity index (χ4n) is 13.7. The second-order valence-corrected chi connectivity index (χ2v) is 20.6. The van der Waals surface area contributed by atoms with Crippen molar-refractivity contribution in [3.8, 4) is 56.0 Å². The third-order valence-electron chi connectivity index (χ3n) is 16.8. The lowest BCUT2D eigenvalue weighted by molar-refractivity contribution is 0.436. The van der Waals surface area contributed by atoms with E-state index in [1.54, 1.807) is 0 Å². The van der Waals surface area contributed by atoms with E-state index in [0.29, 0.717) is 0 Å². The topological polar surface area (TPSA) is 25.6 Å². The van der Waals surface area contributed by atoms with Gasteiger partial charge in [-0.15, -0.1) is 0 Å². The van der Waals surface area contributed by atoms with Crippen LogP contribution in [0.3, 0.4) is 0 Å². The average Bonchev–Trinajstić information content (AvgIpc) is 4.33. The van der Waals surface area contributed by atoms with Crippen molar-refractivity contribution < 1.29 is 9.15 Å². The molecule has 16 rings (SSSR count). The molecule has 13 aromatic rings. The van der Waals surface area contributed by atoms with Crippen molar-refractivity contribution in [3.05, 3.63) is 330 Å². The molecule has 2 aliphatic carbocycles. The molecule has 1 spiro atoms. The van der Waals surface area contributed by atoms with Crippen LogP contribution in [0.5, 0.6) is 11.5 Å². The molecule has 0 radical (unpaired) electrons. The minimum Gasteiger partial charge on any atom is -0.457 e. The number of hydrogen-bond donors (Lipinski definition) is 0. The first-order valence-electron chi connectivity index (χ1n) is 26.6. The zero-order valence-corrected chi connectivity index (χ0v) is 41.9. The summed E-state index contributed by atoms with van der Waals surface area (Å²) >= 11 is 0. The normalized spacial score (nSPS) is 15.0. The minimum absolute atomic E-state index is 0.662. The molecule has 3 nitrogen and oxygen atoms in total. The molecule has 12 aromatic carbocycles. The van der Waals surface area contributed by atoms with E-state index in [1.807, 2.05) is 0 Å². The van der Waals surface area contributed by atoms with Crippen molar-refractivity contribution in [1.82, 2.24) is 0 Å². The molecule has 0 amide bonds. The first-order valence-corrected chi connectivity index (χ1v) is 26.6. The van der Waals surface area contributed by atoms with Gasteiger partial charge >= 0.3 is 0 Å². The van der Waals surface area contributed by atoms with Crippen LogP contribution < -0.4 is 9.64 Å². The first kappa shape index (κ1) is 43.4. The molecule has 1 aliphatic heterocycles. The van der Waals surface area contributed by atoms with Crippen LogP contribution in [0.15, 0.2) is 290 Å². The fourth-order valence-corrected chi connectivity index (χ4v) is 13.7. The van der Waals surface area contributed by atoms with Crippen molar-refractivity contribution in [2.45, 2.75) is 10.8 Å². The molecule has 1 unspecified atom stereocenters. The van der Waals surface area contributed by atoms with Crippen LogP contribution in [-0.4, -0.2) is 0 Å². The molecular weight excluding hydrogens is 935 g/mol. The third-order valence-corrected chi connectivity index (χ3v) is 16.8. The Morgan fingerprint density at radius 2 is 0.831 bits per heavy atom. The average molecular weight is 982 g/mol. The quantitative estimate of drug-likeness (QED) is 0.159. The summed E-state index contributed by atoms with van der Waals surface area (Å²) < 4.78 is 13.7. The molecule has 3 aliphatic rings. The Balaban J connectivity index is 1.01. The van der Waals surface area contributed by atoms with Gasteiger partial charge in [0.1, 0.15) is 22.7 Å². The molecule has 360 valence electrons. The molecule has 1 atom stereocenters. The standard InChI is InChI=1S/C74H47NO2/c1-4-21-48(22-5-1)50-42-44-67-58(45-50)72-66(37-20-40-70(72)76-67)75(65-36-19-35-63-71(65)57-30-11-13-32-60(57)74(63)61-33-14-16-38-68(61)77-69-39-17-15-34-62(69)74)54-28-18-27-53(47-54)73(52-25-8-3-9-26-52)59-31-12-10-29-55(59)56-43-41-51(46-64(56)73)49-23-6-2-7-24-49/h1-47H. The Hall–Kier alpha value is -9.96. The smallest absolute Gasteiger partial charge is 0.137 e. The number of hydrogen-bond acceptors (Lipinski definition) is 3. The van der Waals surface area contributed by atoms with E-state index < -0.39 is 10.8 Å². The lowest BCUT2D eigenvalue weighted by Gasteiger charge is -2.39. The van der Waals surface area contributed by atoms with Crippen LogP contribution in [-0.2, 0) is 10.8 Å². The first-order chi connectivity index (χ1) is 38.2. The molecular formula is C74H47NO2. The van der Waals surface area contributed by atoms with Gasteiger partial charge in [0.2, 0.25) is 0 Å². The summed E-state index contributed by atoms with van der Waals surface area (Å²) in [6.07, 6.45) is 0.